The van der Waals surface area contributed by atoms with E-state index in [1.54, 1.807) is 13.3 Å². The molecule has 3 aromatic rings. The summed E-state index contributed by atoms with van der Waals surface area (Å²) in [5.41, 5.74) is 5.01. The zero-order valence-electron chi connectivity index (χ0n) is 20.0. The molecule has 184 valence electrons. The first-order valence-corrected chi connectivity index (χ1v) is 12.3. The van der Waals surface area contributed by atoms with Crippen molar-refractivity contribution in [3.05, 3.63) is 52.9 Å². The lowest BCUT2D eigenvalue weighted by Gasteiger charge is -2.32. The third-order valence-corrected chi connectivity index (χ3v) is 7.46. The Kier molecular flexibility index (Phi) is 6.53. The van der Waals surface area contributed by atoms with Crippen molar-refractivity contribution >= 4 is 28.9 Å². The van der Waals surface area contributed by atoms with Gasteiger partial charge >= 0.3 is 0 Å². The third kappa shape index (κ3) is 4.66. The summed E-state index contributed by atoms with van der Waals surface area (Å²) in [7, 11) is 1.61. The van der Waals surface area contributed by atoms with E-state index in [0.29, 0.717) is 35.2 Å². The maximum atomic E-state index is 9.93. The van der Waals surface area contributed by atoms with Crippen LogP contribution in [0.5, 0.6) is 5.75 Å². The number of aromatic nitrogens is 3. The molecule has 1 atom stereocenters. The molecule has 0 radical (unpaired) electrons. The number of anilines is 3. The highest BCUT2D eigenvalue weighted by Crippen LogP contribution is 2.40. The van der Waals surface area contributed by atoms with Crippen molar-refractivity contribution in [2.45, 2.75) is 44.1 Å². The third-order valence-electron chi connectivity index (χ3n) is 7.15. The van der Waals surface area contributed by atoms with Crippen LogP contribution in [0.25, 0.3) is 11.3 Å². The maximum Gasteiger partial charge on any atom is 0.227 e. The van der Waals surface area contributed by atoms with E-state index in [2.05, 4.69) is 33.2 Å². The van der Waals surface area contributed by atoms with E-state index in [1.165, 1.54) is 0 Å². The molecule has 5 rings (SSSR count). The first-order valence-electron chi connectivity index (χ1n) is 11.9. The normalized spacial score (nSPS) is 20.1. The van der Waals surface area contributed by atoms with Crippen molar-refractivity contribution in [3.63, 3.8) is 0 Å². The number of rotatable bonds is 6. The SMILES string of the molecule is COc1cc(N2CCC(O)CC2)c(Cl)cc1Nc1nccc(-c2cnc3c(c2)C(C)(CO)CC3)n1. The molecular formula is C26H30ClN5O3. The number of aliphatic hydroxyl groups is 2. The van der Waals surface area contributed by atoms with Crippen LogP contribution in [0.15, 0.2) is 36.7 Å². The van der Waals surface area contributed by atoms with Gasteiger partial charge in [-0.2, -0.15) is 0 Å². The second-order valence-electron chi connectivity index (χ2n) is 9.55. The van der Waals surface area contributed by atoms with Gasteiger partial charge in [-0.3, -0.25) is 4.98 Å². The average molecular weight is 496 g/mol. The van der Waals surface area contributed by atoms with E-state index >= 15 is 0 Å². The Morgan fingerprint density at radius 1 is 1.23 bits per heavy atom. The zero-order chi connectivity index (χ0) is 24.6. The fourth-order valence-corrected chi connectivity index (χ4v) is 5.19. The molecule has 35 heavy (non-hydrogen) atoms. The molecule has 0 saturated carbocycles. The van der Waals surface area contributed by atoms with Gasteiger partial charge < -0.3 is 25.2 Å². The number of hydrogen-bond acceptors (Lipinski definition) is 8. The molecule has 0 amide bonds. The lowest BCUT2D eigenvalue weighted by Crippen LogP contribution is -2.35. The topological polar surface area (TPSA) is 104 Å². The van der Waals surface area contributed by atoms with Gasteiger partial charge in [0.1, 0.15) is 5.75 Å². The number of methoxy groups -OCH3 is 1. The minimum Gasteiger partial charge on any atom is -0.494 e. The van der Waals surface area contributed by atoms with Crippen molar-refractivity contribution in [3.8, 4) is 17.0 Å². The molecule has 0 spiro atoms. The first-order chi connectivity index (χ1) is 16.9. The van der Waals surface area contributed by atoms with E-state index in [1.807, 2.05) is 24.4 Å². The fourth-order valence-electron chi connectivity index (χ4n) is 4.91. The van der Waals surface area contributed by atoms with Gasteiger partial charge in [0.2, 0.25) is 5.95 Å². The summed E-state index contributed by atoms with van der Waals surface area (Å²) in [4.78, 5) is 15.9. The van der Waals surface area contributed by atoms with Crippen LogP contribution in [0.4, 0.5) is 17.3 Å². The van der Waals surface area contributed by atoms with Crippen LogP contribution in [-0.4, -0.2) is 58.1 Å². The number of fused-ring (bicyclic) bond motifs is 1. The fraction of sp³-hybridized carbons (Fsp3) is 0.423. The van der Waals surface area contributed by atoms with Crippen LogP contribution in [-0.2, 0) is 11.8 Å². The van der Waals surface area contributed by atoms with Gasteiger partial charge in [-0.1, -0.05) is 18.5 Å². The van der Waals surface area contributed by atoms with E-state index < -0.39 is 0 Å². The highest BCUT2D eigenvalue weighted by Gasteiger charge is 2.35. The van der Waals surface area contributed by atoms with Crippen LogP contribution in [0.1, 0.15) is 37.4 Å². The van der Waals surface area contributed by atoms with Gasteiger partial charge in [0, 0.05) is 48.2 Å². The van der Waals surface area contributed by atoms with Crippen molar-refractivity contribution in [1.82, 2.24) is 15.0 Å². The summed E-state index contributed by atoms with van der Waals surface area (Å²) in [5.74, 6) is 1.04. The molecule has 3 N–H and O–H groups in total. The van der Waals surface area contributed by atoms with E-state index in [0.717, 1.165) is 54.1 Å². The number of nitrogens with one attached hydrogen (secondary N) is 1. The minimum absolute atomic E-state index is 0.0935. The highest BCUT2D eigenvalue weighted by atomic mass is 35.5. The number of aliphatic hydroxyl groups excluding tert-OH is 2. The predicted octanol–water partition coefficient (Wildman–Crippen LogP) is 4.10. The molecule has 9 heteroatoms. The summed E-state index contributed by atoms with van der Waals surface area (Å²) < 4.78 is 5.64. The number of piperidine rings is 1. The molecular weight excluding hydrogens is 466 g/mol. The molecule has 0 bridgehead atoms. The predicted molar refractivity (Wildman–Crippen MR) is 137 cm³/mol. The number of ether oxygens (including phenoxy) is 1. The molecule has 1 saturated heterocycles. The second-order valence-corrected chi connectivity index (χ2v) is 9.96. The molecule has 2 aromatic heterocycles. The summed E-state index contributed by atoms with van der Waals surface area (Å²) >= 11 is 6.65. The number of benzene rings is 1. The van der Waals surface area contributed by atoms with Gasteiger partial charge in [-0.15, -0.1) is 0 Å². The monoisotopic (exact) mass is 495 g/mol. The zero-order valence-corrected chi connectivity index (χ0v) is 20.7. The number of halogens is 1. The number of pyridine rings is 1. The molecule has 1 fully saturated rings. The molecule has 1 aliphatic carbocycles. The van der Waals surface area contributed by atoms with Gasteiger partial charge in [-0.25, -0.2) is 9.97 Å². The summed E-state index contributed by atoms with van der Waals surface area (Å²) in [6.45, 7) is 3.65. The Morgan fingerprint density at radius 2 is 2.03 bits per heavy atom. The Balaban J connectivity index is 1.41. The number of nitrogens with zero attached hydrogens (tertiary/aromatic N) is 4. The maximum absolute atomic E-state index is 9.93. The Bertz CT molecular complexity index is 1230. The Labute approximate surface area is 210 Å². The number of aryl methyl sites for hydroxylation is 1. The first kappa shape index (κ1) is 23.8. The van der Waals surface area contributed by atoms with Gasteiger partial charge in [0.15, 0.2) is 0 Å². The smallest absolute Gasteiger partial charge is 0.227 e. The van der Waals surface area contributed by atoms with Gasteiger partial charge in [0.25, 0.3) is 0 Å². The van der Waals surface area contributed by atoms with E-state index in [9.17, 15) is 10.2 Å². The summed E-state index contributed by atoms with van der Waals surface area (Å²) in [6, 6.07) is 7.66. The average Bonchev–Trinajstić information content (AvgIpc) is 3.21. The quantitative estimate of drug-likeness (QED) is 0.469. The van der Waals surface area contributed by atoms with Crippen LogP contribution in [0, 0.1) is 0 Å². The van der Waals surface area contributed by atoms with Crippen molar-refractivity contribution < 1.29 is 14.9 Å². The lowest BCUT2D eigenvalue weighted by molar-refractivity contribution is 0.145. The summed E-state index contributed by atoms with van der Waals surface area (Å²) in [6.07, 6.45) is 6.47. The largest absolute Gasteiger partial charge is 0.494 e. The Morgan fingerprint density at radius 3 is 2.77 bits per heavy atom. The van der Waals surface area contributed by atoms with Crippen LogP contribution in [0.3, 0.4) is 0 Å². The second kappa shape index (κ2) is 9.60. The lowest BCUT2D eigenvalue weighted by atomic mass is 9.85. The van der Waals surface area contributed by atoms with E-state index in [-0.39, 0.29) is 18.1 Å². The minimum atomic E-state index is -0.273. The molecule has 8 nitrogen and oxygen atoms in total. The van der Waals surface area contributed by atoms with Crippen LogP contribution >= 0.6 is 11.6 Å². The highest BCUT2D eigenvalue weighted by molar-refractivity contribution is 6.33. The van der Waals surface area contributed by atoms with Crippen LogP contribution in [0.2, 0.25) is 5.02 Å². The summed E-state index contributed by atoms with van der Waals surface area (Å²) in [5, 5.41) is 23.6. The molecule has 2 aliphatic rings. The van der Waals surface area contributed by atoms with Crippen molar-refractivity contribution in [2.75, 3.05) is 37.0 Å². The molecule has 1 unspecified atom stereocenters. The van der Waals surface area contributed by atoms with Gasteiger partial charge in [0.05, 0.1) is 41.9 Å². The Hall–Kier alpha value is -2.94. The van der Waals surface area contributed by atoms with Crippen molar-refractivity contribution in [2.24, 2.45) is 0 Å². The van der Waals surface area contributed by atoms with Crippen LogP contribution < -0.4 is 15.0 Å². The van der Waals surface area contributed by atoms with Crippen molar-refractivity contribution in [1.29, 1.82) is 0 Å². The number of hydrogen-bond donors (Lipinski definition) is 3. The standard InChI is InChI=1S/C26H30ClN5O3/c1-26(15-33)7-3-21-18(26)11-16(14-29-21)20-4-8-28-25(30-20)31-22-12-19(27)23(13-24(22)35-2)32-9-5-17(34)6-10-32/h4,8,11-14,17,33-34H,3,5-7,9-10,15H2,1-2H3,(H,28,30,31). The molecule has 1 aromatic carbocycles. The molecule has 1 aliphatic heterocycles. The molecule has 3 heterocycles. The van der Waals surface area contributed by atoms with Gasteiger partial charge in [-0.05, 0) is 49.4 Å². The van der Waals surface area contributed by atoms with E-state index in [4.69, 9.17) is 21.3 Å².